The predicted molar refractivity (Wildman–Crippen MR) is 95.2 cm³/mol. The molecular formula is C17H22N4O5. The van der Waals surface area contributed by atoms with Crippen molar-refractivity contribution in [2.24, 2.45) is 0 Å². The number of carboxylic acids is 1. The first-order valence-electron chi connectivity index (χ1n) is 8.12. The summed E-state index contributed by atoms with van der Waals surface area (Å²) in [6.07, 6.45) is -0.143. The minimum atomic E-state index is -1.20. The molecule has 0 radical (unpaired) electrons. The summed E-state index contributed by atoms with van der Waals surface area (Å²) in [4.78, 5) is 50.1. The molecule has 0 aliphatic carbocycles. The maximum Gasteiger partial charge on any atom is 0.305 e. The Morgan fingerprint density at radius 2 is 2.00 bits per heavy atom. The number of carboxylic acid groups (broad SMARTS) is 1. The Balaban J connectivity index is 2.25. The molecule has 9 heteroatoms. The molecule has 0 saturated heterocycles. The molecule has 140 valence electrons. The van der Waals surface area contributed by atoms with E-state index in [1.54, 1.807) is 19.2 Å². The lowest BCUT2D eigenvalue weighted by Gasteiger charge is -2.25. The van der Waals surface area contributed by atoms with Crippen LogP contribution in [-0.4, -0.2) is 68.4 Å². The van der Waals surface area contributed by atoms with Gasteiger partial charge in [0.05, 0.1) is 23.8 Å². The maximum atomic E-state index is 12.8. The number of fused-ring (bicyclic) bond motifs is 1. The van der Waals surface area contributed by atoms with Gasteiger partial charge in [0.2, 0.25) is 11.8 Å². The van der Waals surface area contributed by atoms with Crippen LogP contribution < -0.4 is 20.4 Å². The number of nitrogens with one attached hydrogen (secondary N) is 2. The first-order chi connectivity index (χ1) is 12.4. The van der Waals surface area contributed by atoms with Crippen molar-refractivity contribution >= 4 is 35.4 Å². The summed E-state index contributed by atoms with van der Waals surface area (Å²) < 4.78 is 0. The number of anilines is 2. The molecule has 0 aromatic heterocycles. The minimum Gasteiger partial charge on any atom is -0.481 e. The first kappa shape index (κ1) is 19.4. The zero-order chi connectivity index (χ0) is 19.3. The number of aldehydes is 1. The fourth-order valence-electron chi connectivity index (χ4n) is 2.87. The van der Waals surface area contributed by atoms with E-state index >= 15 is 0 Å². The van der Waals surface area contributed by atoms with Gasteiger partial charge in [0.15, 0.2) is 0 Å². The SMILES string of the molecule is CN[C@H]1CN(C)c2ccccc2N(CC(=O)N[C@H](C=O)CC(=O)O)C1=O. The molecule has 1 aliphatic heterocycles. The molecule has 3 N–H and O–H groups in total. The average molecular weight is 362 g/mol. The Morgan fingerprint density at radius 3 is 2.58 bits per heavy atom. The van der Waals surface area contributed by atoms with Crippen LogP contribution in [0.5, 0.6) is 0 Å². The number of para-hydroxylation sites is 2. The lowest BCUT2D eigenvalue weighted by Crippen LogP contribution is -2.52. The van der Waals surface area contributed by atoms with Crippen LogP contribution in [0, 0.1) is 0 Å². The van der Waals surface area contributed by atoms with E-state index in [-0.39, 0.29) is 12.5 Å². The molecular weight excluding hydrogens is 340 g/mol. The van der Waals surface area contributed by atoms with Crippen LogP contribution in [0.25, 0.3) is 0 Å². The molecule has 1 aromatic carbocycles. The molecule has 2 rings (SSSR count). The molecule has 0 spiro atoms. The van der Waals surface area contributed by atoms with Crippen molar-refractivity contribution in [3.8, 4) is 0 Å². The lowest BCUT2D eigenvalue weighted by molar-refractivity contribution is -0.138. The van der Waals surface area contributed by atoms with Gasteiger partial charge in [-0.05, 0) is 19.2 Å². The highest BCUT2D eigenvalue weighted by Crippen LogP contribution is 2.31. The summed E-state index contributed by atoms with van der Waals surface area (Å²) in [5.41, 5.74) is 1.37. The number of aliphatic carboxylic acids is 1. The second-order valence-electron chi connectivity index (χ2n) is 6.04. The van der Waals surface area contributed by atoms with Crippen molar-refractivity contribution in [2.75, 3.05) is 37.0 Å². The summed E-state index contributed by atoms with van der Waals surface area (Å²) in [7, 11) is 3.52. The highest BCUT2D eigenvalue weighted by atomic mass is 16.4. The van der Waals surface area contributed by atoms with Gasteiger partial charge in [-0.2, -0.15) is 0 Å². The number of carbonyl (C=O) groups excluding carboxylic acids is 3. The van der Waals surface area contributed by atoms with E-state index in [0.717, 1.165) is 5.69 Å². The Hall–Kier alpha value is -2.94. The number of amides is 2. The van der Waals surface area contributed by atoms with Gasteiger partial charge in [0, 0.05) is 13.6 Å². The molecule has 9 nitrogen and oxygen atoms in total. The Morgan fingerprint density at radius 1 is 1.35 bits per heavy atom. The topological polar surface area (TPSA) is 119 Å². The fraction of sp³-hybridized carbons (Fsp3) is 0.412. The smallest absolute Gasteiger partial charge is 0.305 e. The van der Waals surface area contributed by atoms with Gasteiger partial charge in [-0.3, -0.25) is 19.3 Å². The largest absolute Gasteiger partial charge is 0.481 e. The van der Waals surface area contributed by atoms with E-state index in [1.807, 2.05) is 24.1 Å². The molecule has 1 aliphatic rings. The molecule has 2 amide bonds. The summed E-state index contributed by atoms with van der Waals surface area (Å²) in [6.45, 7) is 0.117. The monoisotopic (exact) mass is 362 g/mol. The number of rotatable bonds is 7. The summed E-state index contributed by atoms with van der Waals surface area (Å²) in [5, 5.41) is 14.1. The van der Waals surface area contributed by atoms with Crippen molar-refractivity contribution in [2.45, 2.75) is 18.5 Å². The highest BCUT2D eigenvalue weighted by Gasteiger charge is 2.33. The van der Waals surface area contributed by atoms with Crippen molar-refractivity contribution in [1.29, 1.82) is 0 Å². The molecule has 26 heavy (non-hydrogen) atoms. The molecule has 0 unspecified atom stereocenters. The van der Waals surface area contributed by atoms with E-state index in [9.17, 15) is 19.2 Å². The van der Waals surface area contributed by atoms with E-state index in [2.05, 4.69) is 10.6 Å². The van der Waals surface area contributed by atoms with E-state index in [1.165, 1.54) is 4.90 Å². The number of benzene rings is 1. The van der Waals surface area contributed by atoms with Gasteiger partial charge in [0.1, 0.15) is 18.9 Å². The van der Waals surface area contributed by atoms with Gasteiger partial charge in [-0.15, -0.1) is 0 Å². The fourth-order valence-corrected chi connectivity index (χ4v) is 2.87. The molecule has 1 heterocycles. The zero-order valence-corrected chi connectivity index (χ0v) is 14.6. The van der Waals surface area contributed by atoms with E-state index in [4.69, 9.17) is 5.11 Å². The molecule has 2 atom stereocenters. The Bertz CT molecular complexity index is 708. The van der Waals surface area contributed by atoms with Gasteiger partial charge in [-0.1, -0.05) is 12.1 Å². The second kappa shape index (κ2) is 8.43. The van der Waals surface area contributed by atoms with Crippen LogP contribution >= 0.6 is 0 Å². The third-order valence-electron chi connectivity index (χ3n) is 4.16. The summed E-state index contributed by atoms with van der Waals surface area (Å²) in [6, 6.07) is 5.55. The normalized spacial score (nSPS) is 17.9. The number of carbonyl (C=O) groups is 4. The number of hydrogen-bond donors (Lipinski definition) is 3. The van der Waals surface area contributed by atoms with Crippen molar-refractivity contribution in [3.63, 3.8) is 0 Å². The van der Waals surface area contributed by atoms with Crippen molar-refractivity contribution in [1.82, 2.24) is 10.6 Å². The quantitative estimate of drug-likeness (QED) is 0.544. The van der Waals surface area contributed by atoms with Crippen LogP contribution in [0.2, 0.25) is 0 Å². The third-order valence-corrected chi connectivity index (χ3v) is 4.16. The van der Waals surface area contributed by atoms with E-state index < -0.39 is 30.4 Å². The second-order valence-corrected chi connectivity index (χ2v) is 6.04. The van der Waals surface area contributed by atoms with Crippen LogP contribution in [0.1, 0.15) is 6.42 Å². The summed E-state index contributed by atoms with van der Waals surface area (Å²) in [5.74, 6) is -2.08. The zero-order valence-electron chi connectivity index (χ0n) is 14.6. The number of hydrogen-bond acceptors (Lipinski definition) is 6. The summed E-state index contributed by atoms with van der Waals surface area (Å²) >= 11 is 0. The highest BCUT2D eigenvalue weighted by molar-refractivity contribution is 6.05. The van der Waals surface area contributed by atoms with Crippen LogP contribution in [0.15, 0.2) is 24.3 Å². The molecule has 0 fully saturated rings. The minimum absolute atomic E-state index is 0.277. The van der Waals surface area contributed by atoms with Gasteiger partial charge >= 0.3 is 5.97 Å². The van der Waals surface area contributed by atoms with Crippen LogP contribution in [0.3, 0.4) is 0 Å². The van der Waals surface area contributed by atoms with E-state index in [0.29, 0.717) is 18.5 Å². The Kier molecular flexibility index (Phi) is 6.29. The van der Waals surface area contributed by atoms with Crippen LogP contribution in [-0.2, 0) is 19.2 Å². The van der Waals surface area contributed by atoms with Crippen LogP contribution in [0.4, 0.5) is 11.4 Å². The number of nitrogens with zero attached hydrogens (tertiary/aromatic N) is 2. The van der Waals surface area contributed by atoms with Gasteiger partial charge < -0.3 is 25.4 Å². The van der Waals surface area contributed by atoms with Gasteiger partial charge in [0.25, 0.3) is 0 Å². The molecule has 1 aromatic rings. The van der Waals surface area contributed by atoms with Crippen molar-refractivity contribution < 1.29 is 24.3 Å². The first-order valence-corrected chi connectivity index (χ1v) is 8.12. The predicted octanol–water partition coefficient (Wildman–Crippen LogP) is -0.784. The average Bonchev–Trinajstić information content (AvgIpc) is 2.71. The third kappa shape index (κ3) is 4.37. The lowest BCUT2D eigenvalue weighted by atomic mass is 10.2. The van der Waals surface area contributed by atoms with Crippen molar-refractivity contribution in [3.05, 3.63) is 24.3 Å². The van der Waals surface area contributed by atoms with Gasteiger partial charge in [-0.25, -0.2) is 0 Å². The maximum absolute atomic E-state index is 12.8. The molecule has 0 saturated carbocycles. The molecule has 0 bridgehead atoms. The Labute approximate surface area is 150 Å². The standard InChI is InChI=1S/C17H22N4O5/c1-18-12-8-20(2)13-5-3-4-6-14(13)21(17(12)26)9-15(23)19-11(10-22)7-16(24)25/h3-6,10-12,18H,7-9H2,1-2H3,(H,19,23)(H,24,25)/t11-,12-/m0/s1. The number of likely N-dealkylation sites (N-methyl/N-ethyl adjacent to an activating group) is 2.